The van der Waals surface area contributed by atoms with Crippen LogP contribution in [-0.4, -0.2) is 44.2 Å². The van der Waals surface area contributed by atoms with E-state index in [2.05, 4.69) is 53.2 Å². The highest BCUT2D eigenvalue weighted by molar-refractivity contribution is 5.85. The second-order valence-electron chi connectivity index (χ2n) is 7.04. The van der Waals surface area contributed by atoms with Crippen molar-refractivity contribution in [3.8, 4) is 0 Å². The van der Waals surface area contributed by atoms with E-state index in [0.717, 1.165) is 32.1 Å². The Morgan fingerprint density at radius 2 is 1.56 bits per heavy atom. The van der Waals surface area contributed by atoms with E-state index in [1.54, 1.807) is 0 Å². The Balaban J connectivity index is 0.00000156. The first-order chi connectivity index (χ1) is 11.3. The number of piperazine rings is 1. The van der Waals surface area contributed by atoms with Crippen LogP contribution < -0.4 is 10.2 Å². The Bertz CT molecular complexity index is 464. The molecule has 1 N–H and O–H groups in total. The Morgan fingerprint density at radius 3 is 2.08 bits per heavy atom. The van der Waals surface area contributed by atoms with Crippen molar-refractivity contribution in [2.45, 2.75) is 45.6 Å². The van der Waals surface area contributed by atoms with Crippen LogP contribution in [-0.2, 0) is 0 Å². The minimum atomic E-state index is 0. The van der Waals surface area contributed by atoms with Crippen LogP contribution in [0.15, 0.2) is 24.3 Å². The highest BCUT2D eigenvalue weighted by atomic mass is 35.5. The number of nitrogens with zero attached hydrogens (tertiary/aromatic N) is 2. The molecule has 1 aliphatic carbocycles. The first-order valence-electron chi connectivity index (χ1n) is 9.63. The second-order valence-corrected chi connectivity index (χ2v) is 7.04. The van der Waals surface area contributed by atoms with Crippen molar-refractivity contribution in [3.63, 3.8) is 0 Å². The zero-order valence-electron chi connectivity index (χ0n) is 15.7. The number of hydrogen-bond donors (Lipinski definition) is 1. The van der Waals surface area contributed by atoms with E-state index < -0.39 is 0 Å². The zero-order valence-corrected chi connectivity index (χ0v) is 17.4. The van der Waals surface area contributed by atoms with Crippen LogP contribution in [0.2, 0.25) is 0 Å². The van der Waals surface area contributed by atoms with Gasteiger partial charge in [-0.25, -0.2) is 0 Å². The summed E-state index contributed by atoms with van der Waals surface area (Å²) in [7, 11) is 0. The number of anilines is 1. The van der Waals surface area contributed by atoms with Gasteiger partial charge in [0, 0.05) is 51.0 Å². The number of benzene rings is 1. The molecule has 2 fully saturated rings. The zero-order chi connectivity index (χ0) is 16.1. The minimum Gasteiger partial charge on any atom is -0.372 e. The summed E-state index contributed by atoms with van der Waals surface area (Å²) in [5.74, 6) is 0.854. The normalized spacial score (nSPS) is 19.8. The van der Waals surface area contributed by atoms with Crippen LogP contribution in [0.3, 0.4) is 0 Å². The molecule has 0 bridgehead atoms. The maximum atomic E-state index is 3.50. The van der Waals surface area contributed by atoms with Crippen molar-refractivity contribution < 1.29 is 0 Å². The monoisotopic (exact) mass is 387 g/mol. The fourth-order valence-corrected chi connectivity index (χ4v) is 4.49. The molecule has 0 aromatic heterocycles. The Kier molecular flexibility index (Phi) is 10.2. The molecule has 1 aromatic carbocycles. The van der Waals surface area contributed by atoms with Gasteiger partial charge in [-0.15, -0.1) is 24.8 Å². The van der Waals surface area contributed by atoms with Gasteiger partial charge in [0.15, 0.2) is 0 Å². The average Bonchev–Trinajstić information content (AvgIpc) is 3.13. The maximum absolute atomic E-state index is 3.50. The van der Waals surface area contributed by atoms with Crippen LogP contribution in [0.5, 0.6) is 0 Å². The molecule has 144 valence electrons. The van der Waals surface area contributed by atoms with Gasteiger partial charge < -0.3 is 10.2 Å². The third-order valence-electron chi connectivity index (χ3n) is 5.75. The quantitative estimate of drug-likeness (QED) is 0.774. The van der Waals surface area contributed by atoms with E-state index in [4.69, 9.17) is 0 Å². The van der Waals surface area contributed by atoms with Crippen LogP contribution >= 0.6 is 24.8 Å². The van der Waals surface area contributed by atoms with Gasteiger partial charge in [-0.2, -0.15) is 0 Å². The van der Waals surface area contributed by atoms with Gasteiger partial charge in [-0.1, -0.05) is 25.0 Å². The van der Waals surface area contributed by atoms with Gasteiger partial charge in [0.2, 0.25) is 0 Å². The van der Waals surface area contributed by atoms with E-state index in [-0.39, 0.29) is 24.8 Å². The fraction of sp³-hybridized carbons (Fsp3) is 0.700. The summed E-state index contributed by atoms with van der Waals surface area (Å²) >= 11 is 0. The first-order valence-corrected chi connectivity index (χ1v) is 9.63. The Morgan fingerprint density at radius 1 is 1.00 bits per heavy atom. The van der Waals surface area contributed by atoms with Crippen molar-refractivity contribution in [1.29, 1.82) is 0 Å². The summed E-state index contributed by atoms with van der Waals surface area (Å²) in [6.45, 7) is 11.3. The van der Waals surface area contributed by atoms with Gasteiger partial charge in [-0.05, 0) is 50.3 Å². The van der Waals surface area contributed by atoms with Crippen molar-refractivity contribution in [2.75, 3.05) is 44.2 Å². The van der Waals surface area contributed by atoms with Crippen molar-refractivity contribution >= 4 is 30.5 Å². The lowest BCUT2D eigenvalue weighted by molar-refractivity contribution is 0.125. The molecule has 0 spiro atoms. The van der Waals surface area contributed by atoms with Gasteiger partial charge in [0.25, 0.3) is 0 Å². The summed E-state index contributed by atoms with van der Waals surface area (Å²) in [5.41, 5.74) is 2.90. The minimum absolute atomic E-state index is 0. The fourth-order valence-electron chi connectivity index (χ4n) is 4.49. The lowest BCUT2D eigenvalue weighted by Gasteiger charge is -2.39. The van der Waals surface area contributed by atoms with Crippen LogP contribution in [0.4, 0.5) is 5.69 Å². The molecular formula is C20H35Cl2N3. The predicted octanol–water partition coefficient (Wildman–Crippen LogP) is 4.51. The first kappa shape index (κ1) is 22.6. The van der Waals surface area contributed by atoms with Crippen molar-refractivity contribution in [2.24, 2.45) is 5.92 Å². The topological polar surface area (TPSA) is 18.5 Å². The third kappa shape index (κ3) is 5.50. The van der Waals surface area contributed by atoms with Crippen LogP contribution in [0, 0.1) is 5.92 Å². The number of rotatable bonds is 6. The molecule has 1 atom stereocenters. The predicted molar refractivity (Wildman–Crippen MR) is 114 cm³/mol. The standard InChI is InChI=1S/C20H33N3.2ClH/c1-3-22(4-2)19-11-9-18(10-12-19)20(17-7-5-6-8-17)23-15-13-21-14-16-23;;/h9-12,17,20-21H,3-8,13-16H2,1-2H3;2*1H/t20-;;/m0../s1. The second kappa shape index (κ2) is 11.3. The molecule has 5 heteroatoms. The highest BCUT2D eigenvalue weighted by Gasteiger charge is 2.31. The molecule has 1 saturated carbocycles. The molecule has 0 amide bonds. The lowest BCUT2D eigenvalue weighted by Crippen LogP contribution is -2.46. The summed E-state index contributed by atoms with van der Waals surface area (Å²) in [4.78, 5) is 5.16. The van der Waals surface area contributed by atoms with Crippen molar-refractivity contribution in [3.05, 3.63) is 29.8 Å². The number of halogens is 2. The molecule has 0 radical (unpaired) electrons. The largest absolute Gasteiger partial charge is 0.372 e. The van der Waals surface area contributed by atoms with Gasteiger partial charge in [-0.3, -0.25) is 4.90 Å². The molecule has 0 unspecified atom stereocenters. The smallest absolute Gasteiger partial charge is 0.0377 e. The Hall–Kier alpha value is -0.480. The van der Waals surface area contributed by atoms with E-state index in [9.17, 15) is 0 Å². The summed E-state index contributed by atoms with van der Waals surface area (Å²) < 4.78 is 0. The number of nitrogens with one attached hydrogen (secondary N) is 1. The van der Waals surface area contributed by atoms with Crippen molar-refractivity contribution in [1.82, 2.24) is 10.2 Å². The SMILES string of the molecule is CCN(CC)c1ccc([C@H](C2CCCC2)N2CCNCC2)cc1.Cl.Cl. The molecular weight excluding hydrogens is 353 g/mol. The molecule has 3 rings (SSSR count). The molecule has 1 saturated heterocycles. The third-order valence-corrected chi connectivity index (χ3v) is 5.75. The molecule has 2 aliphatic rings. The maximum Gasteiger partial charge on any atom is 0.0377 e. The van der Waals surface area contributed by atoms with Gasteiger partial charge in [0.1, 0.15) is 0 Å². The summed E-state index contributed by atoms with van der Waals surface area (Å²) in [5, 5.41) is 3.50. The molecule has 25 heavy (non-hydrogen) atoms. The summed E-state index contributed by atoms with van der Waals surface area (Å²) in [6.07, 6.45) is 5.66. The molecule has 1 aliphatic heterocycles. The molecule has 1 heterocycles. The number of hydrogen-bond acceptors (Lipinski definition) is 3. The van der Waals surface area contributed by atoms with Crippen LogP contribution in [0.25, 0.3) is 0 Å². The van der Waals surface area contributed by atoms with E-state index in [1.807, 2.05) is 0 Å². The lowest BCUT2D eigenvalue weighted by atomic mass is 9.89. The summed E-state index contributed by atoms with van der Waals surface area (Å²) in [6, 6.07) is 10.1. The van der Waals surface area contributed by atoms with E-state index in [0.29, 0.717) is 6.04 Å². The molecule has 3 nitrogen and oxygen atoms in total. The van der Waals surface area contributed by atoms with Gasteiger partial charge >= 0.3 is 0 Å². The average molecular weight is 388 g/mol. The van der Waals surface area contributed by atoms with E-state index in [1.165, 1.54) is 50.0 Å². The molecule has 1 aromatic rings. The van der Waals surface area contributed by atoms with Crippen LogP contribution in [0.1, 0.15) is 51.1 Å². The van der Waals surface area contributed by atoms with Gasteiger partial charge in [0.05, 0.1) is 0 Å². The van der Waals surface area contributed by atoms with E-state index >= 15 is 0 Å². The Labute approximate surface area is 166 Å². The highest BCUT2D eigenvalue weighted by Crippen LogP contribution is 2.40.